The van der Waals surface area contributed by atoms with Crippen molar-refractivity contribution in [3.05, 3.63) is 35.9 Å². The van der Waals surface area contributed by atoms with Crippen molar-refractivity contribution in [3.63, 3.8) is 0 Å². The Morgan fingerprint density at radius 1 is 1.10 bits per heavy atom. The predicted octanol–water partition coefficient (Wildman–Crippen LogP) is 2.82. The first-order chi connectivity index (χ1) is 9.74. The van der Waals surface area contributed by atoms with E-state index in [1.54, 1.807) is 0 Å². The Balaban J connectivity index is 1.56. The SMILES string of the molecule is O=C(CCCCc1ccccc1)NC1CCC(O)CC1. The highest BCUT2D eigenvalue weighted by molar-refractivity contribution is 5.76. The van der Waals surface area contributed by atoms with Gasteiger partial charge < -0.3 is 10.4 Å². The van der Waals surface area contributed by atoms with Crippen LogP contribution in [0.1, 0.15) is 50.5 Å². The maximum Gasteiger partial charge on any atom is 0.220 e. The lowest BCUT2D eigenvalue weighted by molar-refractivity contribution is -0.122. The van der Waals surface area contributed by atoms with Crippen LogP contribution >= 0.6 is 0 Å². The minimum atomic E-state index is -0.158. The molecule has 2 rings (SSSR count). The van der Waals surface area contributed by atoms with Crippen molar-refractivity contribution < 1.29 is 9.90 Å². The van der Waals surface area contributed by atoms with Gasteiger partial charge in [0.15, 0.2) is 0 Å². The van der Waals surface area contributed by atoms with Crippen molar-refractivity contribution in [1.29, 1.82) is 0 Å². The van der Waals surface area contributed by atoms with Crippen LogP contribution in [0, 0.1) is 0 Å². The number of unbranched alkanes of at least 4 members (excludes halogenated alkanes) is 1. The molecule has 2 N–H and O–H groups in total. The average molecular weight is 275 g/mol. The number of amides is 1. The molecule has 1 aromatic rings. The topological polar surface area (TPSA) is 49.3 Å². The van der Waals surface area contributed by atoms with Gasteiger partial charge in [-0.05, 0) is 50.5 Å². The number of rotatable bonds is 6. The lowest BCUT2D eigenvalue weighted by Crippen LogP contribution is -2.38. The number of aliphatic hydroxyl groups is 1. The zero-order chi connectivity index (χ0) is 14.2. The van der Waals surface area contributed by atoms with Crippen LogP contribution in [0.15, 0.2) is 30.3 Å². The summed E-state index contributed by atoms with van der Waals surface area (Å²) in [5.41, 5.74) is 1.34. The molecule has 0 spiro atoms. The van der Waals surface area contributed by atoms with E-state index in [0.717, 1.165) is 44.9 Å². The third-order valence-electron chi connectivity index (χ3n) is 4.02. The van der Waals surface area contributed by atoms with Crippen LogP contribution in [-0.4, -0.2) is 23.2 Å². The maximum atomic E-state index is 11.8. The smallest absolute Gasteiger partial charge is 0.220 e. The Bertz CT molecular complexity index is 397. The molecule has 1 fully saturated rings. The van der Waals surface area contributed by atoms with Gasteiger partial charge in [-0.1, -0.05) is 30.3 Å². The van der Waals surface area contributed by atoms with Gasteiger partial charge in [0.2, 0.25) is 5.91 Å². The number of aliphatic hydroxyl groups excluding tert-OH is 1. The standard InChI is InChI=1S/C17H25NO2/c19-16-12-10-15(11-13-16)18-17(20)9-5-4-8-14-6-2-1-3-7-14/h1-3,6-7,15-16,19H,4-5,8-13H2,(H,18,20). The van der Waals surface area contributed by atoms with Gasteiger partial charge in [-0.25, -0.2) is 0 Å². The summed E-state index contributed by atoms with van der Waals surface area (Å²) in [7, 11) is 0. The second-order valence-electron chi connectivity index (χ2n) is 5.77. The highest BCUT2D eigenvalue weighted by atomic mass is 16.3. The fraction of sp³-hybridized carbons (Fsp3) is 0.588. The lowest BCUT2D eigenvalue weighted by atomic mass is 9.93. The van der Waals surface area contributed by atoms with Gasteiger partial charge in [0.05, 0.1) is 6.10 Å². The molecule has 1 aromatic carbocycles. The molecule has 1 aliphatic rings. The number of aryl methyl sites for hydroxylation is 1. The van der Waals surface area contributed by atoms with Gasteiger partial charge in [0.1, 0.15) is 0 Å². The second-order valence-corrected chi connectivity index (χ2v) is 5.77. The molecule has 0 unspecified atom stereocenters. The van der Waals surface area contributed by atoms with E-state index in [1.807, 2.05) is 6.07 Å². The van der Waals surface area contributed by atoms with Crippen LogP contribution in [0.4, 0.5) is 0 Å². The molecule has 0 radical (unpaired) electrons. The highest BCUT2D eigenvalue weighted by Crippen LogP contribution is 2.18. The van der Waals surface area contributed by atoms with Gasteiger partial charge in [0, 0.05) is 12.5 Å². The van der Waals surface area contributed by atoms with Crippen LogP contribution in [0.25, 0.3) is 0 Å². The minimum absolute atomic E-state index is 0.158. The number of hydrogen-bond acceptors (Lipinski definition) is 2. The lowest BCUT2D eigenvalue weighted by Gasteiger charge is -2.26. The van der Waals surface area contributed by atoms with Crippen LogP contribution in [0.3, 0.4) is 0 Å². The molecular formula is C17H25NO2. The first-order valence-electron chi connectivity index (χ1n) is 7.75. The minimum Gasteiger partial charge on any atom is -0.393 e. The summed E-state index contributed by atoms with van der Waals surface area (Å²) in [6, 6.07) is 10.7. The monoisotopic (exact) mass is 275 g/mol. The van der Waals surface area contributed by atoms with Crippen LogP contribution in [-0.2, 0) is 11.2 Å². The third kappa shape index (κ3) is 5.33. The van der Waals surface area contributed by atoms with Crippen molar-refractivity contribution in [2.75, 3.05) is 0 Å². The van der Waals surface area contributed by atoms with E-state index >= 15 is 0 Å². The number of hydrogen-bond donors (Lipinski definition) is 2. The summed E-state index contributed by atoms with van der Waals surface area (Å²) in [6.07, 6.45) is 6.96. The molecule has 0 aromatic heterocycles. The molecule has 0 saturated heterocycles. The summed E-state index contributed by atoms with van der Waals surface area (Å²) in [4.78, 5) is 11.8. The molecule has 0 atom stereocenters. The molecule has 3 nitrogen and oxygen atoms in total. The van der Waals surface area contributed by atoms with Gasteiger partial charge in [-0.2, -0.15) is 0 Å². The zero-order valence-corrected chi connectivity index (χ0v) is 12.1. The van der Waals surface area contributed by atoms with Gasteiger partial charge in [-0.3, -0.25) is 4.79 Å². The molecule has 0 aliphatic heterocycles. The van der Waals surface area contributed by atoms with E-state index in [1.165, 1.54) is 5.56 Å². The first kappa shape index (κ1) is 15.0. The van der Waals surface area contributed by atoms with Crippen LogP contribution < -0.4 is 5.32 Å². The quantitative estimate of drug-likeness (QED) is 0.784. The van der Waals surface area contributed by atoms with E-state index in [2.05, 4.69) is 29.6 Å². The number of nitrogens with one attached hydrogen (secondary N) is 1. The van der Waals surface area contributed by atoms with E-state index in [4.69, 9.17) is 0 Å². The summed E-state index contributed by atoms with van der Waals surface area (Å²) < 4.78 is 0. The van der Waals surface area contributed by atoms with E-state index in [9.17, 15) is 9.90 Å². The molecule has 1 saturated carbocycles. The van der Waals surface area contributed by atoms with Crippen molar-refractivity contribution in [2.24, 2.45) is 0 Å². The summed E-state index contributed by atoms with van der Waals surface area (Å²) >= 11 is 0. The Hall–Kier alpha value is -1.35. The Morgan fingerprint density at radius 2 is 1.80 bits per heavy atom. The Morgan fingerprint density at radius 3 is 2.50 bits per heavy atom. The summed E-state index contributed by atoms with van der Waals surface area (Å²) in [5, 5.41) is 12.5. The molecular weight excluding hydrogens is 250 g/mol. The number of benzene rings is 1. The van der Waals surface area contributed by atoms with E-state index in [0.29, 0.717) is 6.42 Å². The van der Waals surface area contributed by atoms with E-state index in [-0.39, 0.29) is 18.1 Å². The largest absolute Gasteiger partial charge is 0.393 e. The zero-order valence-electron chi connectivity index (χ0n) is 12.1. The first-order valence-corrected chi connectivity index (χ1v) is 7.75. The van der Waals surface area contributed by atoms with Gasteiger partial charge in [0.25, 0.3) is 0 Å². The maximum absolute atomic E-state index is 11.8. The van der Waals surface area contributed by atoms with Crippen LogP contribution in [0.2, 0.25) is 0 Å². The molecule has 1 aliphatic carbocycles. The second kappa shape index (κ2) is 8.05. The molecule has 1 amide bonds. The fourth-order valence-corrected chi connectivity index (χ4v) is 2.78. The Labute approximate surface area is 121 Å². The molecule has 0 bridgehead atoms. The van der Waals surface area contributed by atoms with Crippen molar-refractivity contribution in [1.82, 2.24) is 5.32 Å². The van der Waals surface area contributed by atoms with Gasteiger partial charge in [-0.15, -0.1) is 0 Å². The molecule has 110 valence electrons. The highest BCUT2D eigenvalue weighted by Gasteiger charge is 2.20. The van der Waals surface area contributed by atoms with Crippen molar-refractivity contribution in [3.8, 4) is 0 Å². The molecule has 0 heterocycles. The van der Waals surface area contributed by atoms with Crippen molar-refractivity contribution >= 4 is 5.91 Å². The van der Waals surface area contributed by atoms with Crippen LogP contribution in [0.5, 0.6) is 0 Å². The molecule has 3 heteroatoms. The average Bonchev–Trinajstić information content (AvgIpc) is 2.47. The van der Waals surface area contributed by atoms with Gasteiger partial charge >= 0.3 is 0 Å². The van der Waals surface area contributed by atoms with E-state index < -0.39 is 0 Å². The Kier molecular flexibility index (Phi) is 6.06. The third-order valence-corrected chi connectivity index (χ3v) is 4.02. The number of carbonyl (C=O) groups is 1. The number of carbonyl (C=O) groups excluding carboxylic acids is 1. The van der Waals surface area contributed by atoms with Crippen molar-refractivity contribution in [2.45, 2.75) is 63.5 Å². The summed E-state index contributed by atoms with van der Waals surface area (Å²) in [6.45, 7) is 0. The fourth-order valence-electron chi connectivity index (χ4n) is 2.78. The normalized spacial score (nSPS) is 22.4. The summed E-state index contributed by atoms with van der Waals surface area (Å²) in [5.74, 6) is 0.166. The predicted molar refractivity (Wildman–Crippen MR) is 80.4 cm³/mol. The molecule has 20 heavy (non-hydrogen) atoms.